The minimum absolute atomic E-state index is 0.151. The van der Waals surface area contributed by atoms with Gasteiger partial charge in [0.25, 0.3) is 0 Å². The van der Waals surface area contributed by atoms with Crippen molar-refractivity contribution in [1.29, 1.82) is 0 Å². The number of rotatable bonds is 2. The Kier molecular flexibility index (Phi) is 2.79. The van der Waals surface area contributed by atoms with Gasteiger partial charge in [0.05, 0.1) is 6.10 Å². The molecule has 1 heterocycles. The third kappa shape index (κ3) is 1.79. The Morgan fingerprint density at radius 2 is 2.07 bits per heavy atom. The van der Waals surface area contributed by atoms with Crippen LogP contribution in [0.15, 0.2) is 24.5 Å². The Hall–Kier alpha value is -0.930. The maximum atomic E-state index is 10.1. The number of nitrogens with two attached hydrogens (primary N) is 1. The second-order valence-electron chi connectivity index (χ2n) is 3.98. The van der Waals surface area contributed by atoms with Gasteiger partial charge < -0.3 is 10.8 Å². The molecule has 0 aliphatic heterocycles. The van der Waals surface area contributed by atoms with E-state index in [0.717, 1.165) is 24.8 Å². The first-order chi connectivity index (χ1) is 6.79. The van der Waals surface area contributed by atoms with Crippen LogP contribution in [0.1, 0.15) is 30.9 Å². The van der Waals surface area contributed by atoms with E-state index in [1.165, 1.54) is 0 Å². The fourth-order valence-corrected chi connectivity index (χ4v) is 2.22. The van der Waals surface area contributed by atoms with Gasteiger partial charge in [-0.1, -0.05) is 6.42 Å². The highest BCUT2D eigenvalue weighted by Crippen LogP contribution is 2.34. The van der Waals surface area contributed by atoms with Crippen LogP contribution in [0.5, 0.6) is 0 Å². The van der Waals surface area contributed by atoms with Crippen molar-refractivity contribution in [2.45, 2.75) is 31.4 Å². The summed E-state index contributed by atoms with van der Waals surface area (Å²) in [7, 11) is 0. The van der Waals surface area contributed by atoms with Gasteiger partial charge in [0, 0.05) is 24.4 Å². The van der Waals surface area contributed by atoms with Crippen molar-refractivity contribution in [3.8, 4) is 0 Å². The molecule has 3 atom stereocenters. The Bertz CT molecular complexity index is 289. The maximum Gasteiger partial charge on any atom is 0.0834 e. The lowest BCUT2D eigenvalue weighted by atomic mass is 9.92. The summed E-state index contributed by atoms with van der Waals surface area (Å²) < 4.78 is 0. The third-order valence-electron chi connectivity index (χ3n) is 3.08. The van der Waals surface area contributed by atoms with Crippen LogP contribution in [0.3, 0.4) is 0 Å². The first kappa shape index (κ1) is 9.62. The molecule has 0 saturated heterocycles. The molecular weight excluding hydrogens is 176 g/mol. The highest BCUT2D eigenvalue weighted by atomic mass is 16.3. The smallest absolute Gasteiger partial charge is 0.0834 e. The Labute approximate surface area is 84.0 Å². The molecule has 2 rings (SSSR count). The van der Waals surface area contributed by atoms with Gasteiger partial charge in [0.1, 0.15) is 0 Å². The second kappa shape index (κ2) is 4.07. The average molecular weight is 192 g/mol. The van der Waals surface area contributed by atoms with Crippen LogP contribution in [0.2, 0.25) is 0 Å². The van der Waals surface area contributed by atoms with Crippen LogP contribution >= 0.6 is 0 Å². The number of hydrogen-bond acceptors (Lipinski definition) is 3. The molecule has 1 aromatic rings. The molecule has 1 aliphatic carbocycles. The lowest BCUT2D eigenvalue weighted by molar-refractivity contribution is 0.103. The number of pyridine rings is 1. The largest absolute Gasteiger partial charge is 0.388 e. The number of aromatic nitrogens is 1. The van der Waals surface area contributed by atoms with Gasteiger partial charge in [-0.3, -0.25) is 4.98 Å². The van der Waals surface area contributed by atoms with E-state index in [2.05, 4.69) is 4.98 Å². The Morgan fingerprint density at radius 3 is 2.64 bits per heavy atom. The van der Waals surface area contributed by atoms with Crippen molar-refractivity contribution in [1.82, 2.24) is 4.98 Å². The number of nitrogens with zero attached hydrogens (tertiary/aromatic N) is 1. The molecule has 1 fully saturated rings. The normalized spacial score (nSPS) is 29.0. The van der Waals surface area contributed by atoms with E-state index in [1.54, 1.807) is 12.4 Å². The van der Waals surface area contributed by atoms with Crippen LogP contribution in [-0.4, -0.2) is 16.1 Å². The summed E-state index contributed by atoms with van der Waals surface area (Å²) in [6, 6.07) is 3.86. The van der Waals surface area contributed by atoms with E-state index in [1.807, 2.05) is 12.1 Å². The molecule has 0 spiro atoms. The number of hydrogen-bond donors (Lipinski definition) is 2. The molecule has 3 nitrogen and oxygen atoms in total. The third-order valence-corrected chi connectivity index (χ3v) is 3.08. The predicted molar refractivity (Wildman–Crippen MR) is 54.5 cm³/mol. The molecule has 0 aromatic carbocycles. The van der Waals surface area contributed by atoms with Gasteiger partial charge in [0.15, 0.2) is 0 Å². The fourth-order valence-electron chi connectivity index (χ4n) is 2.22. The first-order valence-electron chi connectivity index (χ1n) is 5.12. The zero-order chi connectivity index (χ0) is 9.97. The fraction of sp³-hybridized carbons (Fsp3) is 0.545. The lowest BCUT2D eigenvalue weighted by Crippen LogP contribution is -2.29. The average Bonchev–Trinajstić information content (AvgIpc) is 2.65. The first-order valence-corrected chi connectivity index (χ1v) is 5.12. The zero-order valence-corrected chi connectivity index (χ0v) is 8.13. The molecule has 14 heavy (non-hydrogen) atoms. The number of aliphatic hydroxyl groups is 1. The molecule has 3 N–H and O–H groups in total. The molecule has 0 bridgehead atoms. The summed E-state index contributed by atoms with van der Waals surface area (Å²) in [5.41, 5.74) is 6.87. The van der Waals surface area contributed by atoms with E-state index in [0.29, 0.717) is 0 Å². The summed E-state index contributed by atoms with van der Waals surface area (Å²) in [6.45, 7) is 0. The van der Waals surface area contributed by atoms with E-state index < -0.39 is 6.10 Å². The van der Waals surface area contributed by atoms with E-state index in [-0.39, 0.29) is 12.0 Å². The van der Waals surface area contributed by atoms with Crippen molar-refractivity contribution >= 4 is 0 Å². The van der Waals surface area contributed by atoms with Gasteiger partial charge in [-0.2, -0.15) is 0 Å². The molecule has 3 heteroatoms. The SMILES string of the molecule is NC1CCCC1C(O)c1ccncc1. The summed E-state index contributed by atoms with van der Waals surface area (Å²) in [5.74, 6) is 0.220. The lowest BCUT2D eigenvalue weighted by Gasteiger charge is -2.22. The predicted octanol–water partition coefficient (Wildman–Crippen LogP) is 1.24. The Balaban J connectivity index is 2.12. The Morgan fingerprint density at radius 1 is 1.36 bits per heavy atom. The monoisotopic (exact) mass is 192 g/mol. The van der Waals surface area contributed by atoms with Crippen molar-refractivity contribution in [3.05, 3.63) is 30.1 Å². The highest BCUT2D eigenvalue weighted by Gasteiger charge is 2.30. The standard InChI is InChI=1S/C11H16N2O/c12-10-3-1-2-9(10)11(14)8-4-6-13-7-5-8/h4-7,9-11,14H,1-3,12H2. The van der Waals surface area contributed by atoms with Crippen LogP contribution in [0, 0.1) is 5.92 Å². The summed E-state index contributed by atoms with van der Waals surface area (Å²) in [5, 5.41) is 10.1. The van der Waals surface area contributed by atoms with Gasteiger partial charge in [-0.25, -0.2) is 0 Å². The maximum absolute atomic E-state index is 10.1. The molecule has 1 saturated carbocycles. The molecule has 0 radical (unpaired) electrons. The van der Waals surface area contributed by atoms with Crippen molar-refractivity contribution < 1.29 is 5.11 Å². The molecule has 3 unspecified atom stereocenters. The molecular formula is C11H16N2O. The summed E-state index contributed by atoms with van der Waals surface area (Å²) in [6.07, 6.45) is 6.19. The second-order valence-corrected chi connectivity index (χ2v) is 3.98. The van der Waals surface area contributed by atoms with Crippen LogP contribution in [0.4, 0.5) is 0 Å². The molecule has 1 aromatic heterocycles. The van der Waals surface area contributed by atoms with Crippen molar-refractivity contribution in [2.24, 2.45) is 11.7 Å². The van der Waals surface area contributed by atoms with Gasteiger partial charge in [0.2, 0.25) is 0 Å². The quantitative estimate of drug-likeness (QED) is 0.741. The zero-order valence-electron chi connectivity index (χ0n) is 8.13. The van der Waals surface area contributed by atoms with E-state index >= 15 is 0 Å². The van der Waals surface area contributed by atoms with E-state index in [9.17, 15) is 5.11 Å². The van der Waals surface area contributed by atoms with E-state index in [4.69, 9.17) is 5.73 Å². The van der Waals surface area contributed by atoms with Crippen molar-refractivity contribution in [3.63, 3.8) is 0 Å². The molecule has 76 valence electrons. The highest BCUT2D eigenvalue weighted by molar-refractivity contribution is 5.15. The topological polar surface area (TPSA) is 59.1 Å². The van der Waals surface area contributed by atoms with Gasteiger partial charge in [-0.15, -0.1) is 0 Å². The minimum Gasteiger partial charge on any atom is -0.388 e. The molecule has 1 aliphatic rings. The molecule has 0 amide bonds. The summed E-state index contributed by atoms with van der Waals surface area (Å²) >= 11 is 0. The van der Waals surface area contributed by atoms with Gasteiger partial charge >= 0.3 is 0 Å². The van der Waals surface area contributed by atoms with Gasteiger partial charge in [-0.05, 0) is 30.5 Å². The minimum atomic E-state index is -0.421. The van der Waals surface area contributed by atoms with Crippen LogP contribution < -0.4 is 5.73 Å². The number of aliphatic hydroxyl groups excluding tert-OH is 1. The van der Waals surface area contributed by atoms with Crippen LogP contribution in [0.25, 0.3) is 0 Å². The van der Waals surface area contributed by atoms with Crippen LogP contribution in [-0.2, 0) is 0 Å². The van der Waals surface area contributed by atoms with Crippen molar-refractivity contribution in [2.75, 3.05) is 0 Å². The summed E-state index contributed by atoms with van der Waals surface area (Å²) in [4.78, 5) is 3.93.